The van der Waals surface area contributed by atoms with Crippen molar-refractivity contribution < 1.29 is 17.9 Å². The van der Waals surface area contributed by atoms with E-state index in [-0.39, 0.29) is 21.8 Å². The number of hydrogen-bond acceptors (Lipinski definition) is 5. The normalized spacial score (nSPS) is 15.0. The van der Waals surface area contributed by atoms with Gasteiger partial charge in [0.2, 0.25) is 5.91 Å². The Hall–Kier alpha value is -1.71. The van der Waals surface area contributed by atoms with E-state index in [9.17, 15) is 13.2 Å². The number of rotatable bonds is 6. The third-order valence-corrected chi connectivity index (χ3v) is 5.17. The fourth-order valence-corrected chi connectivity index (χ4v) is 3.55. The number of sulfonamides is 1. The first-order chi connectivity index (χ1) is 11.4. The van der Waals surface area contributed by atoms with E-state index >= 15 is 0 Å². The molecule has 0 heterocycles. The molecule has 0 unspecified atom stereocenters. The molecule has 1 aromatic carbocycles. The third-order valence-electron chi connectivity index (χ3n) is 3.71. The third kappa shape index (κ3) is 5.15. The van der Waals surface area contributed by atoms with Crippen molar-refractivity contribution in [3.05, 3.63) is 24.3 Å². The van der Waals surface area contributed by atoms with Crippen LogP contribution in [0.4, 0.5) is 0 Å². The standard InChI is InChI=1S/C15H21N3O4S2/c1-2-22-12-7-9-13(10-8-12)24(20,21)18-17-15(23)16-14(19)11-5-3-4-6-11/h7-11,18H,2-6H2,1H3,(H2,16,17,19,23). The monoisotopic (exact) mass is 371 g/mol. The predicted molar refractivity (Wildman–Crippen MR) is 93.8 cm³/mol. The second-order valence-corrected chi connectivity index (χ2v) is 7.53. The minimum absolute atomic E-state index is 0.0486. The molecule has 1 aliphatic carbocycles. The Labute approximate surface area is 147 Å². The minimum Gasteiger partial charge on any atom is -0.494 e. The molecule has 1 fully saturated rings. The van der Waals surface area contributed by atoms with Gasteiger partial charge in [-0.15, -0.1) is 4.83 Å². The maximum Gasteiger partial charge on any atom is 0.257 e. The molecule has 1 aliphatic rings. The van der Waals surface area contributed by atoms with Crippen LogP contribution >= 0.6 is 12.2 Å². The molecule has 1 aromatic rings. The zero-order valence-electron chi connectivity index (χ0n) is 13.4. The summed E-state index contributed by atoms with van der Waals surface area (Å²) in [5.74, 6) is 0.362. The molecule has 0 atom stereocenters. The lowest BCUT2D eigenvalue weighted by molar-refractivity contribution is -0.123. The lowest BCUT2D eigenvalue weighted by Crippen LogP contribution is -2.49. The summed E-state index contributed by atoms with van der Waals surface area (Å²) in [6.07, 6.45) is 3.74. The average Bonchev–Trinajstić information content (AvgIpc) is 3.08. The smallest absolute Gasteiger partial charge is 0.257 e. The van der Waals surface area contributed by atoms with Crippen LogP contribution in [-0.2, 0) is 14.8 Å². The van der Waals surface area contributed by atoms with Crippen molar-refractivity contribution in [1.82, 2.24) is 15.6 Å². The van der Waals surface area contributed by atoms with Crippen LogP contribution in [0.15, 0.2) is 29.2 Å². The minimum atomic E-state index is -3.80. The molecule has 1 amide bonds. The number of carbonyl (C=O) groups is 1. The van der Waals surface area contributed by atoms with Gasteiger partial charge in [0.15, 0.2) is 5.11 Å². The molecule has 0 saturated heterocycles. The van der Waals surface area contributed by atoms with Crippen LogP contribution in [0.3, 0.4) is 0 Å². The highest BCUT2D eigenvalue weighted by molar-refractivity contribution is 7.89. The van der Waals surface area contributed by atoms with E-state index < -0.39 is 10.0 Å². The highest BCUT2D eigenvalue weighted by atomic mass is 32.2. The van der Waals surface area contributed by atoms with Gasteiger partial charge in [0, 0.05) is 5.92 Å². The Kier molecular flexibility index (Phi) is 6.52. The van der Waals surface area contributed by atoms with Crippen molar-refractivity contribution in [2.75, 3.05) is 6.61 Å². The second-order valence-electron chi connectivity index (χ2n) is 5.43. The number of ether oxygens (including phenoxy) is 1. The SMILES string of the molecule is CCOc1ccc(S(=O)(=O)NNC(=S)NC(=O)C2CCCC2)cc1. The van der Waals surface area contributed by atoms with E-state index in [1.807, 2.05) is 6.92 Å². The van der Waals surface area contributed by atoms with Crippen LogP contribution in [-0.4, -0.2) is 26.0 Å². The number of hydrogen-bond donors (Lipinski definition) is 3. The summed E-state index contributed by atoms with van der Waals surface area (Å²) in [6.45, 7) is 2.35. The van der Waals surface area contributed by atoms with Gasteiger partial charge in [0.25, 0.3) is 10.0 Å². The van der Waals surface area contributed by atoms with Gasteiger partial charge >= 0.3 is 0 Å². The molecule has 0 bridgehead atoms. The van der Waals surface area contributed by atoms with Crippen molar-refractivity contribution in [1.29, 1.82) is 0 Å². The van der Waals surface area contributed by atoms with E-state index in [4.69, 9.17) is 17.0 Å². The first-order valence-corrected chi connectivity index (χ1v) is 9.67. The van der Waals surface area contributed by atoms with Crippen LogP contribution in [0.1, 0.15) is 32.6 Å². The summed E-state index contributed by atoms with van der Waals surface area (Å²) >= 11 is 4.95. The van der Waals surface area contributed by atoms with Gasteiger partial charge in [0.05, 0.1) is 11.5 Å². The highest BCUT2D eigenvalue weighted by Crippen LogP contribution is 2.24. The van der Waals surface area contributed by atoms with E-state index in [1.54, 1.807) is 12.1 Å². The molecule has 3 N–H and O–H groups in total. The molecular weight excluding hydrogens is 350 g/mol. The summed E-state index contributed by atoms with van der Waals surface area (Å²) in [5.41, 5.74) is 2.35. The number of thiocarbonyl (C=S) groups is 1. The molecular formula is C15H21N3O4S2. The van der Waals surface area contributed by atoms with Crippen LogP contribution in [0.25, 0.3) is 0 Å². The summed E-state index contributed by atoms with van der Waals surface area (Å²) in [6, 6.07) is 5.99. The Balaban J connectivity index is 1.87. The van der Waals surface area contributed by atoms with Gasteiger partial charge < -0.3 is 10.1 Å². The second kappa shape index (κ2) is 8.41. The average molecular weight is 371 g/mol. The largest absolute Gasteiger partial charge is 0.494 e. The van der Waals surface area contributed by atoms with Crippen molar-refractivity contribution >= 4 is 33.3 Å². The van der Waals surface area contributed by atoms with Gasteiger partial charge in [-0.1, -0.05) is 12.8 Å². The van der Waals surface area contributed by atoms with Crippen molar-refractivity contribution in [3.63, 3.8) is 0 Å². The predicted octanol–water partition coefficient (Wildman–Crippen LogP) is 1.46. The van der Waals surface area contributed by atoms with Gasteiger partial charge in [-0.25, -0.2) is 8.42 Å². The maximum atomic E-state index is 12.2. The van der Waals surface area contributed by atoms with Crippen LogP contribution < -0.4 is 20.3 Å². The molecule has 132 valence electrons. The van der Waals surface area contributed by atoms with Crippen molar-refractivity contribution in [3.8, 4) is 5.75 Å². The van der Waals surface area contributed by atoms with Crippen LogP contribution in [0.2, 0.25) is 0 Å². The summed E-state index contributed by atoms with van der Waals surface area (Å²) in [4.78, 5) is 14.1. The van der Waals surface area contributed by atoms with Crippen molar-refractivity contribution in [2.45, 2.75) is 37.5 Å². The van der Waals surface area contributed by atoms with Crippen LogP contribution in [0, 0.1) is 5.92 Å². The number of nitrogens with one attached hydrogen (secondary N) is 3. The topological polar surface area (TPSA) is 96.5 Å². The molecule has 0 aliphatic heterocycles. The number of hydrazine groups is 1. The number of amides is 1. The van der Waals surface area contributed by atoms with E-state index in [0.717, 1.165) is 25.7 Å². The zero-order chi connectivity index (χ0) is 17.6. The summed E-state index contributed by atoms with van der Waals surface area (Å²) in [5, 5.41) is 2.44. The van der Waals surface area contributed by atoms with Gasteiger partial charge in [-0.05, 0) is 56.2 Å². The molecule has 0 spiro atoms. The maximum absolute atomic E-state index is 12.2. The Morgan fingerprint density at radius 1 is 1.25 bits per heavy atom. The highest BCUT2D eigenvalue weighted by Gasteiger charge is 2.23. The van der Waals surface area contributed by atoms with Gasteiger partial charge in [-0.2, -0.15) is 0 Å². The summed E-state index contributed by atoms with van der Waals surface area (Å²) < 4.78 is 29.6. The Morgan fingerprint density at radius 2 is 1.88 bits per heavy atom. The Bertz CT molecular complexity index is 683. The fourth-order valence-electron chi connectivity index (χ4n) is 2.49. The van der Waals surface area contributed by atoms with Gasteiger partial charge in [0.1, 0.15) is 5.75 Å². The molecule has 2 rings (SSSR count). The molecule has 24 heavy (non-hydrogen) atoms. The molecule has 9 heteroatoms. The van der Waals surface area contributed by atoms with Crippen molar-refractivity contribution in [2.24, 2.45) is 5.92 Å². The quantitative estimate of drug-likeness (QED) is 0.517. The van der Waals surface area contributed by atoms with E-state index in [0.29, 0.717) is 12.4 Å². The Morgan fingerprint density at radius 3 is 2.46 bits per heavy atom. The number of carbonyl (C=O) groups excluding carboxylic acids is 1. The van der Waals surface area contributed by atoms with Gasteiger partial charge in [-0.3, -0.25) is 10.2 Å². The molecule has 7 nitrogen and oxygen atoms in total. The first-order valence-electron chi connectivity index (χ1n) is 7.78. The molecule has 1 saturated carbocycles. The number of benzene rings is 1. The lowest BCUT2D eigenvalue weighted by atomic mass is 10.1. The fraction of sp³-hybridized carbons (Fsp3) is 0.467. The zero-order valence-corrected chi connectivity index (χ0v) is 15.0. The lowest BCUT2D eigenvalue weighted by Gasteiger charge is -2.14. The van der Waals surface area contributed by atoms with E-state index in [1.165, 1.54) is 12.1 Å². The first kappa shape index (κ1) is 18.6. The van der Waals surface area contributed by atoms with Crippen LogP contribution in [0.5, 0.6) is 5.75 Å². The van der Waals surface area contributed by atoms with E-state index in [2.05, 4.69) is 15.6 Å². The molecule has 0 radical (unpaired) electrons. The molecule has 0 aromatic heterocycles. The summed E-state index contributed by atoms with van der Waals surface area (Å²) in [7, 11) is -3.80.